The molecule has 0 unspecified atom stereocenters. The van der Waals surface area contributed by atoms with Crippen LogP contribution in [0.2, 0.25) is 6.04 Å². The van der Waals surface area contributed by atoms with Gasteiger partial charge in [0.1, 0.15) is 11.7 Å². The molecule has 0 bridgehead atoms. The number of carbonyl (C=O) groups excluding carboxylic acids is 1. The summed E-state index contributed by atoms with van der Waals surface area (Å²) in [6, 6.07) is 16.2. The third-order valence-electron chi connectivity index (χ3n) is 6.87. The molecule has 3 N–H and O–H groups in total. The lowest BCUT2D eigenvalue weighted by Crippen LogP contribution is -2.46. The van der Waals surface area contributed by atoms with Gasteiger partial charge in [0.25, 0.3) is 0 Å². The topological polar surface area (TPSA) is 98.3 Å². The Hall–Kier alpha value is -2.27. The first kappa shape index (κ1) is 30.3. The summed E-state index contributed by atoms with van der Waals surface area (Å²) in [6.07, 6.45) is 0.322. The van der Waals surface area contributed by atoms with Crippen LogP contribution in [0.15, 0.2) is 48.5 Å². The van der Waals surface area contributed by atoms with Gasteiger partial charge in [0, 0.05) is 51.4 Å². The van der Waals surface area contributed by atoms with Crippen molar-refractivity contribution < 1.29 is 27.9 Å². The van der Waals surface area contributed by atoms with E-state index < -0.39 is 20.5 Å². The van der Waals surface area contributed by atoms with Gasteiger partial charge < -0.3 is 33.8 Å². The van der Waals surface area contributed by atoms with Crippen molar-refractivity contribution in [1.82, 2.24) is 10.6 Å². The Morgan fingerprint density at radius 3 is 1.92 bits per heavy atom. The van der Waals surface area contributed by atoms with E-state index in [0.29, 0.717) is 51.8 Å². The molecule has 38 heavy (non-hydrogen) atoms. The molecule has 1 fully saturated rings. The fourth-order valence-corrected chi connectivity index (χ4v) is 7.60. The quantitative estimate of drug-likeness (QED) is 0.239. The standard InChI is InChI=1S/C29H44N2O6Si/c1-6-34-38(35-7-2,36-8-3)19-9-18-30-28(32)37-26-20-27(31-21-26)29(33,24-14-10-22(4)11-15-24)25-16-12-23(5)13-17-25/h10-17,26-27,31,33H,6-9,18-21H2,1-5H3,(H,30,32)/t26-,27+/m1/s1. The summed E-state index contributed by atoms with van der Waals surface area (Å²) in [6.45, 7) is 12.3. The van der Waals surface area contributed by atoms with E-state index in [4.69, 9.17) is 18.0 Å². The average Bonchev–Trinajstić information content (AvgIpc) is 3.36. The first-order chi connectivity index (χ1) is 18.3. The monoisotopic (exact) mass is 544 g/mol. The van der Waals surface area contributed by atoms with E-state index >= 15 is 0 Å². The Bertz CT molecular complexity index is 939. The summed E-state index contributed by atoms with van der Waals surface area (Å²) in [5.74, 6) is 0. The van der Waals surface area contributed by atoms with Crippen LogP contribution in [-0.4, -0.2) is 65.1 Å². The van der Waals surface area contributed by atoms with Gasteiger partial charge in [0.05, 0.1) is 0 Å². The number of hydrogen-bond donors (Lipinski definition) is 3. The molecule has 2 aromatic rings. The normalized spacial score (nSPS) is 17.9. The Morgan fingerprint density at radius 1 is 0.947 bits per heavy atom. The van der Waals surface area contributed by atoms with Gasteiger partial charge in [-0.25, -0.2) is 4.79 Å². The first-order valence-electron chi connectivity index (χ1n) is 13.7. The number of hydrogen-bond acceptors (Lipinski definition) is 7. The molecule has 1 heterocycles. The van der Waals surface area contributed by atoms with Crippen LogP contribution in [0.25, 0.3) is 0 Å². The average molecular weight is 545 g/mol. The van der Waals surface area contributed by atoms with Gasteiger partial charge in [0.2, 0.25) is 0 Å². The van der Waals surface area contributed by atoms with Crippen LogP contribution in [0.5, 0.6) is 0 Å². The fraction of sp³-hybridized carbons (Fsp3) is 0.552. The molecule has 3 rings (SSSR count). The maximum absolute atomic E-state index is 12.6. The molecule has 1 aliphatic heterocycles. The van der Waals surface area contributed by atoms with Gasteiger partial charge in [-0.1, -0.05) is 59.7 Å². The highest BCUT2D eigenvalue weighted by molar-refractivity contribution is 6.60. The maximum atomic E-state index is 12.6. The second-order valence-electron chi connectivity index (χ2n) is 9.73. The molecule has 0 saturated carbocycles. The van der Waals surface area contributed by atoms with Crippen molar-refractivity contribution >= 4 is 14.9 Å². The molecular weight excluding hydrogens is 500 g/mol. The molecule has 8 nitrogen and oxygen atoms in total. The van der Waals surface area contributed by atoms with Gasteiger partial charge >= 0.3 is 14.9 Å². The molecule has 2 aromatic carbocycles. The van der Waals surface area contributed by atoms with Crippen molar-refractivity contribution in [2.75, 3.05) is 32.9 Å². The van der Waals surface area contributed by atoms with Gasteiger partial charge in [-0.05, 0) is 52.2 Å². The van der Waals surface area contributed by atoms with Crippen LogP contribution in [0, 0.1) is 13.8 Å². The largest absolute Gasteiger partial charge is 0.500 e. The van der Waals surface area contributed by atoms with E-state index in [1.807, 2.05) is 83.1 Å². The van der Waals surface area contributed by atoms with Gasteiger partial charge in [-0.15, -0.1) is 0 Å². The van der Waals surface area contributed by atoms with Gasteiger partial charge in [0.15, 0.2) is 0 Å². The first-order valence-corrected chi connectivity index (χ1v) is 15.7. The highest BCUT2D eigenvalue weighted by Crippen LogP contribution is 2.37. The van der Waals surface area contributed by atoms with Crippen LogP contribution in [0.1, 0.15) is 55.9 Å². The third kappa shape index (κ3) is 7.65. The lowest BCUT2D eigenvalue weighted by Gasteiger charge is -2.35. The highest BCUT2D eigenvalue weighted by Gasteiger charge is 2.45. The number of aryl methyl sites for hydroxylation is 2. The predicted molar refractivity (Wildman–Crippen MR) is 150 cm³/mol. The number of nitrogens with one attached hydrogen (secondary N) is 2. The smallest absolute Gasteiger partial charge is 0.445 e. The Morgan fingerprint density at radius 2 is 1.45 bits per heavy atom. The van der Waals surface area contributed by atoms with Crippen LogP contribution in [-0.2, 0) is 23.6 Å². The van der Waals surface area contributed by atoms with E-state index in [1.54, 1.807) is 0 Å². The summed E-state index contributed by atoms with van der Waals surface area (Å²) < 4.78 is 23.3. The lowest BCUT2D eigenvalue weighted by atomic mass is 9.79. The maximum Gasteiger partial charge on any atom is 0.500 e. The second kappa shape index (κ2) is 14.2. The van der Waals surface area contributed by atoms with E-state index in [9.17, 15) is 9.90 Å². The van der Waals surface area contributed by atoms with E-state index in [2.05, 4.69) is 10.6 Å². The fourth-order valence-electron chi connectivity index (χ4n) is 4.99. The second-order valence-corrected chi connectivity index (χ2v) is 12.5. The third-order valence-corrected chi connectivity index (χ3v) is 10.0. The van der Waals surface area contributed by atoms with Gasteiger partial charge in [-0.2, -0.15) is 0 Å². The minimum atomic E-state index is -2.74. The molecule has 9 heteroatoms. The van der Waals surface area contributed by atoms with Crippen molar-refractivity contribution in [3.05, 3.63) is 70.8 Å². The summed E-state index contributed by atoms with van der Waals surface area (Å²) in [5.41, 5.74) is 2.60. The number of ether oxygens (including phenoxy) is 1. The SMILES string of the molecule is CCO[Si](CCCNC(=O)O[C@H]1CN[C@H](C(O)(c2ccc(C)cc2)c2ccc(C)cc2)C1)(OCC)OCC. The zero-order valence-corrected chi connectivity index (χ0v) is 24.4. The number of benzene rings is 2. The van der Waals surface area contributed by atoms with Crippen LogP contribution in [0.3, 0.4) is 0 Å². The molecule has 1 aliphatic rings. The minimum Gasteiger partial charge on any atom is -0.445 e. The van der Waals surface area contributed by atoms with Crippen molar-refractivity contribution in [1.29, 1.82) is 0 Å². The number of amides is 1. The molecule has 1 saturated heterocycles. The van der Waals surface area contributed by atoms with Crippen molar-refractivity contribution in [3.63, 3.8) is 0 Å². The Kier molecular flexibility index (Phi) is 11.3. The molecule has 2 atom stereocenters. The number of alkyl carbamates (subject to hydrolysis) is 1. The highest BCUT2D eigenvalue weighted by atomic mass is 28.4. The number of aliphatic hydroxyl groups is 1. The van der Waals surface area contributed by atoms with E-state index in [-0.39, 0.29) is 12.1 Å². The number of carbonyl (C=O) groups is 1. The van der Waals surface area contributed by atoms with Crippen molar-refractivity contribution in [2.24, 2.45) is 0 Å². The number of rotatable bonds is 14. The molecule has 0 spiro atoms. The molecule has 0 radical (unpaired) electrons. The summed E-state index contributed by atoms with van der Waals surface area (Å²) in [4.78, 5) is 12.6. The predicted octanol–water partition coefficient (Wildman–Crippen LogP) is 4.43. The summed E-state index contributed by atoms with van der Waals surface area (Å²) in [5, 5.41) is 18.4. The molecule has 210 valence electrons. The molecule has 0 aliphatic carbocycles. The molecule has 1 amide bonds. The van der Waals surface area contributed by atoms with Gasteiger partial charge in [-0.3, -0.25) is 0 Å². The summed E-state index contributed by atoms with van der Waals surface area (Å²) >= 11 is 0. The lowest BCUT2D eigenvalue weighted by molar-refractivity contribution is 0.0372. The molecule has 0 aromatic heterocycles. The Balaban J connectivity index is 1.59. The zero-order chi connectivity index (χ0) is 27.6. The van der Waals surface area contributed by atoms with Crippen molar-refractivity contribution in [3.8, 4) is 0 Å². The Labute approximate surface area is 228 Å². The molecular formula is C29H44N2O6Si. The zero-order valence-electron chi connectivity index (χ0n) is 23.4. The van der Waals surface area contributed by atoms with E-state index in [0.717, 1.165) is 22.3 Å². The van der Waals surface area contributed by atoms with E-state index in [1.165, 1.54) is 0 Å². The van der Waals surface area contributed by atoms with Crippen LogP contribution in [0.4, 0.5) is 4.79 Å². The minimum absolute atomic E-state index is 0.319. The van der Waals surface area contributed by atoms with Crippen LogP contribution < -0.4 is 10.6 Å². The van der Waals surface area contributed by atoms with Crippen molar-refractivity contribution in [2.45, 2.75) is 71.3 Å². The van der Waals surface area contributed by atoms with Crippen LogP contribution >= 0.6 is 0 Å². The summed E-state index contributed by atoms with van der Waals surface area (Å²) in [7, 11) is -2.74.